The number of benzene rings is 1. The van der Waals surface area contributed by atoms with Gasteiger partial charge in [0.25, 0.3) is 5.91 Å². The number of halogens is 1. The maximum Gasteiger partial charge on any atom is 0.259 e. The fourth-order valence-electron chi connectivity index (χ4n) is 2.49. The summed E-state index contributed by atoms with van der Waals surface area (Å²) in [4.78, 5) is 14.4. The number of carbonyl (C=O) groups is 1. The molecule has 0 saturated carbocycles. The van der Waals surface area contributed by atoms with E-state index in [1.54, 1.807) is 44.4 Å². The largest absolute Gasteiger partial charge is 0.495 e. The van der Waals surface area contributed by atoms with Crippen LogP contribution in [0.3, 0.4) is 0 Å². The van der Waals surface area contributed by atoms with Crippen LogP contribution in [-0.2, 0) is 14.3 Å². The third-order valence-electron chi connectivity index (χ3n) is 3.91. The Bertz CT molecular complexity index is 514. The summed E-state index contributed by atoms with van der Waals surface area (Å²) in [6.07, 6.45) is 1.10. The lowest BCUT2D eigenvalue weighted by atomic mass is 9.92. The SMILES string of the molecule is COc1ccc(N(C)C(=O)C2(OC)CCOCC2)cc1Cl. The smallest absolute Gasteiger partial charge is 0.259 e. The number of hydrogen-bond acceptors (Lipinski definition) is 4. The number of carbonyl (C=O) groups excluding carboxylic acids is 1. The van der Waals surface area contributed by atoms with Crippen molar-refractivity contribution in [2.24, 2.45) is 0 Å². The number of ether oxygens (including phenoxy) is 3. The van der Waals surface area contributed by atoms with Gasteiger partial charge in [-0.25, -0.2) is 0 Å². The second-order valence-electron chi connectivity index (χ2n) is 4.99. The third kappa shape index (κ3) is 3.15. The minimum atomic E-state index is -0.820. The lowest BCUT2D eigenvalue weighted by molar-refractivity contribution is -0.151. The molecule has 0 radical (unpaired) electrons. The Labute approximate surface area is 129 Å². The average Bonchev–Trinajstić information content (AvgIpc) is 2.54. The fraction of sp³-hybridized carbons (Fsp3) is 0.533. The van der Waals surface area contributed by atoms with E-state index in [-0.39, 0.29) is 5.91 Å². The van der Waals surface area contributed by atoms with Crippen LogP contribution in [-0.4, -0.2) is 46.0 Å². The molecule has 1 aliphatic heterocycles. The molecular weight excluding hydrogens is 294 g/mol. The van der Waals surface area contributed by atoms with Gasteiger partial charge in [-0.2, -0.15) is 0 Å². The first kappa shape index (κ1) is 16.1. The van der Waals surface area contributed by atoms with Crippen molar-refractivity contribution in [2.45, 2.75) is 18.4 Å². The topological polar surface area (TPSA) is 48.0 Å². The van der Waals surface area contributed by atoms with E-state index in [0.29, 0.717) is 42.5 Å². The summed E-state index contributed by atoms with van der Waals surface area (Å²) in [5.74, 6) is 0.489. The van der Waals surface area contributed by atoms with Crippen molar-refractivity contribution in [3.63, 3.8) is 0 Å². The molecule has 116 valence electrons. The molecule has 0 unspecified atom stereocenters. The van der Waals surface area contributed by atoms with Crippen molar-refractivity contribution in [1.82, 2.24) is 0 Å². The summed E-state index contributed by atoms with van der Waals surface area (Å²) in [6, 6.07) is 5.25. The second-order valence-corrected chi connectivity index (χ2v) is 5.40. The zero-order chi connectivity index (χ0) is 15.5. The van der Waals surface area contributed by atoms with Crippen LogP contribution in [0.2, 0.25) is 5.02 Å². The first-order chi connectivity index (χ1) is 10.0. The van der Waals surface area contributed by atoms with Gasteiger partial charge in [0, 0.05) is 45.9 Å². The van der Waals surface area contributed by atoms with E-state index in [9.17, 15) is 4.79 Å². The maximum absolute atomic E-state index is 12.8. The standard InChI is InChI=1S/C15H20ClNO4/c1-17(11-4-5-13(19-2)12(16)10-11)14(18)15(20-3)6-8-21-9-7-15/h4-5,10H,6-9H2,1-3H3. The Kier molecular flexibility index (Phi) is 5.08. The predicted molar refractivity (Wildman–Crippen MR) is 81.2 cm³/mol. The summed E-state index contributed by atoms with van der Waals surface area (Å²) in [6.45, 7) is 1.05. The van der Waals surface area contributed by atoms with Gasteiger partial charge in [0.15, 0.2) is 5.60 Å². The van der Waals surface area contributed by atoms with Gasteiger partial charge < -0.3 is 19.1 Å². The summed E-state index contributed by atoms with van der Waals surface area (Å²) >= 11 is 6.12. The predicted octanol–water partition coefficient (Wildman–Crippen LogP) is 2.51. The number of anilines is 1. The molecule has 5 nitrogen and oxygen atoms in total. The number of likely N-dealkylation sites (N-methyl/N-ethyl adjacent to an activating group) is 1. The lowest BCUT2D eigenvalue weighted by Crippen LogP contribution is -2.52. The lowest BCUT2D eigenvalue weighted by Gasteiger charge is -2.37. The molecule has 2 rings (SSSR count). The molecule has 0 aliphatic carbocycles. The van der Waals surface area contributed by atoms with Crippen LogP contribution in [0.1, 0.15) is 12.8 Å². The molecule has 6 heteroatoms. The van der Waals surface area contributed by atoms with E-state index in [0.717, 1.165) is 0 Å². The van der Waals surface area contributed by atoms with Crippen molar-refractivity contribution in [1.29, 1.82) is 0 Å². The van der Waals surface area contributed by atoms with Gasteiger partial charge in [0.2, 0.25) is 0 Å². The van der Waals surface area contributed by atoms with Gasteiger partial charge >= 0.3 is 0 Å². The summed E-state index contributed by atoms with van der Waals surface area (Å²) < 4.78 is 16.0. The van der Waals surface area contributed by atoms with E-state index in [1.807, 2.05) is 0 Å². The van der Waals surface area contributed by atoms with Gasteiger partial charge in [-0.3, -0.25) is 4.79 Å². The molecule has 0 N–H and O–H groups in total. The van der Waals surface area contributed by atoms with E-state index < -0.39 is 5.60 Å². The van der Waals surface area contributed by atoms with Gasteiger partial charge in [-0.05, 0) is 18.2 Å². The van der Waals surface area contributed by atoms with Crippen molar-refractivity contribution in [3.05, 3.63) is 23.2 Å². The molecule has 1 aromatic rings. The van der Waals surface area contributed by atoms with Crippen LogP contribution in [0, 0.1) is 0 Å². The highest BCUT2D eigenvalue weighted by Gasteiger charge is 2.42. The van der Waals surface area contributed by atoms with Crippen LogP contribution in [0.5, 0.6) is 5.75 Å². The Hall–Kier alpha value is -1.30. The maximum atomic E-state index is 12.8. The van der Waals surface area contributed by atoms with Crippen molar-refractivity contribution >= 4 is 23.2 Å². The molecule has 1 fully saturated rings. The van der Waals surface area contributed by atoms with Crippen molar-refractivity contribution in [3.8, 4) is 5.75 Å². The molecule has 1 aliphatic rings. The molecular formula is C15H20ClNO4. The Balaban J connectivity index is 2.23. The van der Waals surface area contributed by atoms with Crippen LogP contribution >= 0.6 is 11.6 Å². The second kappa shape index (κ2) is 6.64. The van der Waals surface area contributed by atoms with Gasteiger partial charge in [-0.1, -0.05) is 11.6 Å². The number of methoxy groups -OCH3 is 2. The van der Waals surface area contributed by atoms with E-state index in [2.05, 4.69) is 0 Å². The summed E-state index contributed by atoms with van der Waals surface area (Å²) in [5.41, 5.74) is -0.118. The van der Waals surface area contributed by atoms with Gasteiger partial charge in [-0.15, -0.1) is 0 Å². The zero-order valence-electron chi connectivity index (χ0n) is 12.5. The number of rotatable bonds is 4. The van der Waals surface area contributed by atoms with Crippen LogP contribution in [0.25, 0.3) is 0 Å². The normalized spacial score (nSPS) is 17.3. The van der Waals surface area contributed by atoms with Crippen LogP contribution in [0.15, 0.2) is 18.2 Å². The third-order valence-corrected chi connectivity index (χ3v) is 4.20. The number of hydrogen-bond donors (Lipinski definition) is 0. The van der Waals surface area contributed by atoms with Gasteiger partial charge in [0.1, 0.15) is 5.75 Å². The minimum Gasteiger partial charge on any atom is -0.495 e. The number of amides is 1. The molecule has 1 saturated heterocycles. The monoisotopic (exact) mass is 313 g/mol. The number of nitrogens with zero attached hydrogens (tertiary/aromatic N) is 1. The quantitative estimate of drug-likeness (QED) is 0.857. The molecule has 21 heavy (non-hydrogen) atoms. The molecule has 0 atom stereocenters. The minimum absolute atomic E-state index is 0.0884. The van der Waals surface area contributed by atoms with E-state index in [1.165, 1.54) is 0 Å². The summed E-state index contributed by atoms with van der Waals surface area (Å²) in [5, 5.41) is 0.466. The highest BCUT2D eigenvalue weighted by molar-refractivity contribution is 6.32. The highest BCUT2D eigenvalue weighted by atomic mass is 35.5. The fourth-order valence-corrected chi connectivity index (χ4v) is 2.75. The van der Waals surface area contributed by atoms with Crippen LogP contribution < -0.4 is 9.64 Å². The van der Waals surface area contributed by atoms with E-state index in [4.69, 9.17) is 25.8 Å². The summed E-state index contributed by atoms with van der Waals surface area (Å²) in [7, 11) is 4.84. The first-order valence-corrected chi connectivity index (χ1v) is 7.16. The van der Waals surface area contributed by atoms with Crippen LogP contribution in [0.4, 0.5) is 5.69 Å². The highest BCUT2D eigenvalue weighted by Crippen LogP contribution is 2.32. The molecule has 1 aromatic carbocycles. The zero-order valence-corrected chi connectivity index (χ0v) is 13.3. The molecule has 0 spiro atoms. The molecule has 0 bridgehead atoms. The van der Waals surface area contributed by atoms with Crippen molar-refractivity contribution in [2.75, 3.05) is 39.4 Å². The van der Waals surface area contributed by atoms with Gasteiger partial charge in [0.05, 0.1) is 12.1 Å². The Morgan fingerprint density at radius 1 is 1.33 bits per heavy atom. The molecule has 1 heterocycles. The van der Waals surface area contributed by atoms with Crippen molar-refractivity contribution < 1.29 is 19.0 Å². The first-order valence-electron chi connectivity index (χ1n) is 6.78. The average molecular weight is 314 g/mol. The molecule has 1 amide bonds. The van der Waals surface area contributed by atoms with E-state index >= 15 is 0 Å². The Morgan fingerprint density at radius 2 is 2.00 bits per heavy atom. The Morgan fingerprint density at radius 3 is 2.52 bits per heavy atom. The molecule has 0 aromatic heterocycles.